The Bertz CT molecular complexity index is 400. The summed E-state index contributed by atoms with van der Waals surface area (Å²) in [6.45, 7) is 6.70. The van der Waals surface area contributed by atoms with E-state index >= 15 is 0 Å². The average Bonchev–Trinajstić information content (AvgIpc) is 2.38. The number of benzene rings is 1. The van der Waals surface area contributed by atoms with Crippen molar-refractivity contribution >= 4 is 21.6 Å². The van der Waals surface area contributed by atoms with Gasteiger partial charge in [-0.05, 0) is 38.7 Å². The van der Waals surface area contributed by atoms with Gasteiger partial charge in [0.1, 0.15) is 0 Å². The number of nitrogens with zero attached hydrogens (tertiary/aromatic N) is 2. The van der Waals surface area contributed by atoms with Gasteiger partial charge in [0, 0.05) is 42.4 Å². The Morgan fingerprint density at radius 2 is 1.89 bits per heavy atom. The molecule has 0 amide bonds. The van der Waals surface area contributed by atoms with Gasteiger partial charge >= 0.3 is 0 Å². The van der Waals surface area contributed by atoms with Gasteiger partial charge in [-0.15, -0.1) is 0 Å². The molecule has 4 heteroatoms. The Balaban J connectivity index is 2.13. The molecule has 1 unspecified atom stereocenters. The number of anilines is 1. The van der Waals surface area contributed by atoms with E-state index < -0.39 is 0 Å². The highest BCUT2D eigenvalue weighted by atomic mass is 79.9. The zero-order valence-corrected chi connectivity index (χ0v) is 13.0. The van der Waals surface area contributed by atoms with Crippen LogP contribution >= 0.6 is 15.9 Å². The molecule has 0 saturated carbocycles. The fraction of sp³-hybridized carbons (Fsp3) is 0.571. The van der Waals surface area contributed by atoms with E-state index in [-0.39, 0.29) is 0 Å². The van der Waals surface area contributed by atoms with E-state index in [1.54, 1.807) is 0 Å². The van der Waals surface area contributed by atoms with E-state index in [2.05, 4.69) is 63.2 Å². The zero-order chi connectivity index (χ0) is 13.1. The molecule has 1 atom stereocenters. The summed E-state index contributed by atoms with van der Waals surface area (Å²) in [5, 5.41) is 3.28. The van der Waals surface area contributed by atoms with Crippen LogP contribution in [0.15, 0.2) is 22.7 Å². The summed E-state index contributed by atoms with van der Waals surface area (Å²) in [5.41, 5.74) is 2.64. The summed E-state index contributed by atoms with van der Waals surface area (Å²) < 4.78 is 1.20. The van der Waals surface area contributed by atoms with Gasteiger partial charge in [-0.3, -0.25) is 0 Å². The molecule has 0 aromatic heterocycles. The van der Waals surface area contributed by atoms with Gasteiger partial charge < -0.3 is 15.1 Å². The molecule has 1 aromatic carbocycles. The van der Waals surface area contributed by atoms with Crippen LogP contribution in [-0.2, 0) is 0 Å². The third-order valence-corrected chi connectivity index (χ3v) is 4.44. The number of hydrogen-bond donors (Lipinski definition) is 1. The molecule has 100 valence electrons. The Kier molecular flexibility index (Phi) is 4.65. The lowest BCUT2D eigenvalue weighted by Gasteiger charge is -2.34. The summed E-state index contributed by atoms with van der Waals surface area (Å²) in [5.74, 6) is 0. The van der Waals surface area contributed by atoms with Crippen LogP contribution in [0.2, 0.25) is 0 Å². The maximum atomic E-state index is 3.69. The molecule has 0 radical (unpaired) electrons. The third-order valence-electron chi connectivity index (χ3n) is 3.75. The monoisotopic (exact) mass is 311 g/mol. The van der Waals surface area contributed by atoms with Crippen LogP contribution in [0.4, 0.5) is 5.69 Å². The third kappa shape index (κ3) is 3.05. The van der Waals surface area contributed by atoms with Crippen molar-refractivity contribution in [1.82, 2.24) is 10.2 Å². The second kappa shape index (κ2) is 6.04. The van der Waals surface area contributed by atoms with Gasteiger partial charge in [0.25, 0.3) is 0 Å². The van der Waals surface area contributed by atoms with Crippen LogP contribution in [0.5, 0.6) is 0 Å². The lowest BCUT2D eigenvalue weighted by atomic mass is 10.1. The molecule has 1 heterocycles. The number of likely N-dealkylation sites (N-methyl/N-ethyl adjacent to an activating group) is 1. The molecule has 2 rings (SSSR count). The largest absolute Gasteiger partial charge is 0.369 e. The Morgan fingerprint density at radius 1 is 1.22 bits per heavy atom. The number of piperazine rings is 1. The molecule has 1 saturated heterocycles. The van der Waals surface area contributed by atoms with Gasteiger partial charge in [-0.1, -0.05) is 22.0 Å². The predicted molar refractivity (Wildman–Crippen MR) is 81.3 cm³/mol. The molecule has 1 fully saturated rings. The maximum absolute atomic E-state index is 3.69. The van der Waals surface area contributed by atoms with E-state index in [0.717, 1.165) is 26.2 Å². The van der Waals surface area contributed by atoms with Crippen LogP contribution in [0, 0.1) is 0 Å². The van der Waals surface area contributed by atoms with Gasteiger partial charge in [0.2, 0.25) is 0 Å². The molecule has 0 bridgehead atoms. The van der Waals surface area contributed by atoms with Gasteiger partial charge in [-0.25, -0.2) is 0 Å². The molecule has 1 aliphatic rings. The molecule has 3 nitrogen and oxygen atoms in total. The van der Waals surface area contributed by atoms with E-state index in [9.17, 15) is 0 Å². The molecule has 18 heavy (non-hydrogen) atoms. The zero-order valence-electron chi connectivity index (χ0n) is 11.4. The smallest absolute Gasteiger partial charge is 0.0378 e. The van der Waals surface area contributed by atoms with Crippen molar-refractivity contribution in [2.24, 2.45) is 0 Å². The minimum atomic E-state index is 0.376. The second-order valence-corrected chi connectivity index (χ2v) is 5.86. The van der Waals surface area contributed by atoms with Crippen molar-refractivity contribution in [3.8, 4) is 0 Å². The summed E-state index contributed by atoms with van der Waals surface area (Å²) in [6.07, 6.45) is 0. The van der Waals surface area contributed by atoms with Crippen molar-refractivity contribution in [1.29, 1.82) is 0 Å². The van der Waals surface area contributed by atoms with Crippen molar-refractivity contribution in [3.63, 3.8) is 0 Å². The predicted octanol–water partition coefficient (Wildman–Crippen LogP) is 2.48. The van der Waals surface area contributed by atoms with Crippen LogP contribution in [0.25, 0.3) is 0 Å². The van der Waals surface area contributed by atoms with E-state index in [4.69, 9.17) is 0 Å². The first-order valence-corrected chi connectivity index (χ1v) is 7.31. The lowest BCUT2D eigenvalue weighted by molar-refractivity contribution is 0.313. The normalized spacial score (nSPS) is 19.0. The molecule has 1 N–H and O–H groups in total. The fourth-order valence-corrected chi connectivity index (χ4v) is 2.99. The van der Waals surface area contributed by atoms with Crippen LogP contribution < -0.4 is 10.2 Å². The highest BCUT2D eigenvalue weighted by molar-refractivity contribution is 9.10. The average molecular weight is 312 g/mol. The summed E-state index contributed by atoms with van der Waals surface area (Å²) in [4.78, 5) is 4.83. The van der Waals surface area contributed by atoms with Crippen molar-refractivity contribution < 1.29 is 0 Å². The summed E-state index contributed by atoms with van der Waals surface area (Å²) in [7, 11) is 4.18. The molecular formula is C14H22BrN3. The van der Waals surface area contributed by atoms with Crippen LogP contribution in [-0.4, -0.2) is 45.2 Å². The fourth-order valence-electron chi connectivity index (χ4n) is 2.28. The highest BCUT2D eigenvalue weighted by Crippen LogP contribution is 2.28. The maximum Gasteiger partial charge on any atom is 0.0378 e. The molecule has 1 aromatic rings. The van der Waals surface area contributed by atoms with E-state index in [1.165, 1.54) is 15.7 Å². The first-order valence-electron chi connectivity index (χ1n) is 6.52. The molecule has 0 aliphatic carbocycles. The van der Waals surface area contributed by atoms with Gasteiger partial charge in [0.15, 0.2) is 0 Å². The quantitative estimate of drug-likeness (QED) is 0.925. The molecule has 0 spiro atoms. The van der Waals surface area contributed by atoms with Crippen LogP contribution in [0.1, 0.15) is 18.5 Å². The van der Waals surface area contributed by atoms with E-state index in [1.807, 2.05) is 7.05 Å². The minimum absolute atomic E-state index is 0.376. The lowest BCUT2D eigenvalue weighted by Crippen LogP contribution is -2.44. The number of nitrogens with one attached hydrogen (secondary N) is 1. The Morgan fingerprint density at radius 3 is 2.44 bits per heavy atom. The Labute approximate surface area is 118 Å². The van der Waals surface area contributed by atoms with Crippen molar-refractivity contribution in [2.45, 2.75) is 13.0 Å². The van der Waals surface area contributed by atoms with Crippen molar-refractivity contribution in [2.75, 3.05) is 45.2 Å². The number of hydrogen-bond acceptors (Lipinski definition) is 3. The van der Waals surface area contributed by atoms with Crippen molar-refractivity contribution in [3.05, 3.63) is 28.2 Å². The standard InChI is InChI=1S/C14H22BrN3/c1-11(16-2)13-5-4-12(10-14(13)15)18-8-6-17(3)7-9-18/h4-5,10-11,16H,6-9H2,1-3H3. The van der Waals surface area contributed by atoms with Crippen LogP contribution in [0.3, 0.4) is 0 Å². The first kappa shape index (κ1) is 13.8. The number of rotatable bonds is 3. The minimum Gasteiger partial charge on any atom is -0.369 e. The second-order valence-electron chi connectivity index (χ2n) is 5.01. The molecular weight excluding hydrogens is 290 g/mol. The number of halogens is 1. The SMILES string of the molecule is CNC(C)c1ccc(N2CCN(C)CC2)cc1Br. The molecule has 1 aliphatic heterocycles. The highest BCUT2D eigenvalue weighted by Gasteiger charge is 2.15. The van der Waals surface area contributed by atoms with Gasteiger partial charge in [-0.2, -0.15) is 0 Å². The topological polar surface area (TPSA) is 18.5 Å². The summed E-state index contributed by atoms with van der Waals surface area (Å²) >= 11 is 3.69. The summed E-state index contributed by atoms with van der Waals surface area (Å²) in [6, 6.07) is 7.08. The van der Waals surface area contributed by atoms with Gasteiger partial charge in [0.05, 0.1) is 0 Å². The van der Waals surface area contributed by atoms with E-state index in [0.29, 0.717) is 6.04 Å². The first-order chi connectivity index (χ1) is 8.61. The Hall–Kier alpha value is -0.580.